The Hall–Kier alpha value is -3.68. The van der Waals surface area contributed by atoms with Gasteiger partial charge in [-0.25, -0.2) is 20.0 Å². The van der Waals surface area contributed by atoms with Gasteiger partial charge in [0.1, 0.15) is 5.82 Å². The second-order valence-corrected chi connectivity index (χ2v) is 14.9. The van der Waals surface area contributed by atoms with Crippen LogP contribution >= 0.6 is 0 Å². The number of guanidine groups is 2. The molecular weight excluding hydrogens is 496 g/mol. The van der Waals surface area contributed by atoms with Crippen molar-refractivity contribution in [2.45, 2.75) is 88.6 Å². The zero-order valence-electron chi connectivity index (χ0n) is 26.0. The lowest BCUT2D eigenvalue weighted by Gasteiger charge is -2.32. The molecule has 0 unspecified atom stereocenters. The van der Waals surface area contributed by atoms with Crippen molar-refractivity contribution in [1.29, 1.82) is 0 Å². The Bertz CT molecular complexity index is 1520. The number of hydrogen-bond donors (Lipinski definition) is 1. The van der Waals surface area contributed by atoms with Crippen LogP contribution in [-0.4, -0.2) is 45.2 Å². The van der Waals surface area contributed by atoms with Gasteiger partial charge < -0.3 is 0 Å². The summed E-state index contributed by atoms with van der Waals surface area (Å²) < 4.78 is 0. The molecule has 0 aromatic heterocycles. The first-order valence-electron chi connectivity index (χ1n) is 14.0. The maximum Gasteiger partial charge on any atom is 0.253 e. The molecule has 0 saturated heterocycles. The molecule has 5 rings (SSSR count). The molecule has 0 amide bonds. The zero-order chi connectivity index (χ0) is 29.4. The maximum absolute atomic E-state index is 5.24. The fraction of sp³-hybridized carbons (Fsp3) is 0.500. The molecule has 210 valence electrons. The Morgan fingerprint density at radius 2 is 1.35 bits per heavy atom. The molecule has 8 nitrogen and oxygen atoms in total. The highest BCUT2D eigenvalue weighted by molar-refractivity contribution is 6.55. The van der Waals surface area contributed by atoms with E-state index in [4.69, 9.17) is 25.0 Å². The second kappa shape index (κ2) is 8.91. The zero-order valence-corrected chi connectivity index (χ0v) is 26.0. The van der Waals surface area contributed by atoms with Crippen LogP contribution in [0.5, 0.6) is 0 Å². The lowest BCUT2D eigenvalue weighted by atomic mass is 9.73. The molecule has 0 radical (unpaired) electrons. The van der Waals surface area contributed by atoms with Crippen molar-refractivity contribution in [1.82, 2.24) is 10.3 Å². The lowest BCUT2D eigenvalue weighted by molar-refractivity contribution is 0.289. The Morgan fingerprint density at radius 1 is 0.650 bits per heavy atom. The van der Waals surface area contributed by atoms with Crippen LogP contribution in [0.4, 0.5) is 0 Å². The Labute approximate surface area is 238 Å². The summed E-state index contributed by atoms with van der Waals surface area (Å²) in [4.78, 5) is 27.3. The third-order valence-electron chi connectivity index (χ3n) is 7.02. The highest BCUT2D eigenvalue weighted by Gasteiger charge is 2.41. The average Bonchev–Trinajstić information content (AvgIpc) is 3.53. The summed E-state index contributed by atoms with van der Waals surface area (Å²) in [5, 5.41) is 4.59. The van der Waals surface area contributed by atoms with Crippen molar-refractivity contribution in [2.24, 2.45) is 46.3 Å². The molecule has 0 aliphatic carbocycles. The fourth-order valence-corrected chi connectivity index (χ4v) is 5.26. The minimum Gasteiger partial charge on any atom is -0.289 e. The highest BCUT2D eigenvalue weighted by Crippen LogP contribution is 2.44. The molecule has 0 aromatic carbocycles. The molecule has 5 aliphatic heterocycles. The van der Waals surface area contributed by atoms with Gasteiger partial charge in [0.05, 0.1) is 34.2 Å². The van der Waals surface area contributed by atoms with Gasteiger partial charge in [0.2, 0.25) is 0 Å². The minimum absolute atomic E-state index is 0.134. The van der Waals surface area contributed by atoms with E-state index in [0.717, 1.165) is 45.6 Å². The van der Waals surface area contributed by atoms with Crippen LogP contribution in [0, 0.1) is 16.2 Å². The first-order chi connectivity index (χ1) is 18.3. The smallest absolute Gasteiger partial charge is 0.253 e. The summed E-state index contributed by atoms with van der Waals surface area (Å²) in [6.07, 6.45) is 10.3. The number of fused-ring (bicyclic) bond motifs is 5. The standard InChI is InChI=1S/C32H42N8/c1-29(2,3)21-16-20-15-18-13-14-19(33-18)17-22-38-39-28(40(22)32(10,11)12)37-27-35-25(26(36-27)31(7,8)9)23(24(21)34-20)30(4,5)6/h13-17,38H,1-12H3. The van der Waals surface area contributed by atoms with Gasteiger partial charge in [0.25, 0.3) is 11.9 Å². The van der Waals surface area contributed by atoms with E-state index in [1.54, 1.807) is 0 Å². The molecule has 1 N–H and O–H groups in total. The molecule has 0 spiro atoms. The minimum atomic E-state index is -0.301. The predicted octanol–water partition coefficient (Wildman–Crippen LogP) is 6.74. The monoisotopic (exact) mass is 538 g/mol. The van der Waals surface area contributed by atoms with Gasteiger partial charge in [-0.05, 0) is 61.5 Å². The number of nitrogens with one attached hydrogen (secondary N) is 1. The molecule has 5 heterocycles. The lowest BCUT2D eigenvalue weighted by Crippen LogP contribution is -2.43. The highest BCUT2D eigenvalue weighted by atomic mass is 15.6. The van der Waals surface area contributed by atoms with Crippen molar-refractivity contribution in [2.75, 3.05) is 0 Å². The summed E-state index contributed by atoms with van der Waals surface area (Å²) >= 11 is 0. The van der Waals surface area contributed by atoms with E-state index in [1.807, 2.05) is 18.2 Å². The van der Waals surface area contributed by atoms with Crippen LogP contribution in [-0.2, 0) is 0 Å². The average molecular weight is 539 g/mol. The summed E-state index contributed by atoms with van der Waals surface area (Å²) in [7, 11) is 0. The number of aliphatic imine (C=N–C) groups is 5. The van der Waals surface area contributed by atoms with Crippen LogP contribution in [0.2, 0.25) is 0 Å². The second-order valence-electron chi connectivity index (χ2n) is 14.9. The molecule has 0 atom stereocenters. The van der Waals surface area contributed by atoms with Crippen LogP contribution in [0.1, 0.15) is 83.1 Å². The maximum atomic E-state index is 5.24. The fourth-order valence-electron chi connectivity index (χ4n) is 5.26. The molecule has 0 saturated carbocycles. The summed E-state index contributed by atoms with van der Waals surface area (Å²) in [5.74, 6) is 1.72. The van der Waals surface area contributed by atoms with E-state index >= 15 is 0 Å². The van der Waals surface area contributed by atoms with E-state index in [-0.39, 0.29) is 21.8 Å². The summed E-state index contributed by atoms with van der Waals surface area (Å²) in [6.45, 7) is 26.3. The van der Waals surface area contributed by atoms with Crippen molar-refractivity contribution in [3.63, 3.8) is 0 Å². The van der Waals surface area contributed by atoms with E-state index in [9.17, 15) is 0 Å². The number of rotatable bonds is 0. The van der Waals surface area contributed by atoms with E-state index in [0.29, 0.717) is 11.9 Å². The molecule has 40 heavy (non-hydrogen) atoms. The number of hydrazone groups is 1. The molecule has 0 fully saturated rings. The Balaban J connectivity index is 1.86. The van der Waals surface area contributed by atoms with Crippen molar-refractivity contribution < 1.29 is 0 Å². The molecule has 8 heteroatoms. The van der Waals surface area contributed by atoms with Gasteiger partial charge >= 0.3 is 0 Å². The normalized spacial score (nSPS) is 21.3. The van der Waals surface area contributed by atoms with Gasteiger partial charge in [-0.1, -0.05) is 62.3 Å². The Morgan fingerprint density at radius 3 is 1.95 bits per heavy atom. The molecule has 0 aromatic rings. The predicted molar refractivity (Wildman–Crippen MR) is 168 cm³/mol. The summed E-state index contributed by atoms with van der Waals surface area (Å²) in [5.41, 5.74) is 9.73. The van der Waals surface area contributed by atoms with Gasteiger partial charge in [0, 0.05) is 22.6 Å². The molecule has 8 bridgehead atoms. The van der Waals surface area contributed by atoms with E-state index in [2.05, 4.69) is 111 Å². The molecule has 5 aliphatic rings. The van der Waals surface area contributed by atoms with Gasteiger partial charge in [0.15, 0.2) is 0 Å². The van der Waals surface area contributed by atoms with Crippen LogP contribution in [0.3, 0.4) is 0 Å². The number of allylic oxidation sites excluding steroid dienone is 7. The third-order valence-corrected chi connectivity index (χ3v) is 7.02. The van der Waals surface area contributed by atoms with Crippen LogP contribution in [0.25, 0.3) is 0 Å². The van der Waals surface area contributed by atoms with E-state index in [1.165, 1.54) is 5.57 Å². The summed E-state index contributed by atoms with van der Waals surface area (Å²) in [6, 6.07) is 0. The third kappa shape index (κ3) is 5.11. The van der Waals surface area contributed by atoms with Crippen LogP contribution < -0.4 is 5.43 Å². The van der Waals surface area contributed by atoms with Crippen molar-refractivity contribution in [3.05, 3.63) is 58.7 Å². The quantitative estimate of drug-likeness (QED) is 0.370. The van der Waals surface area contributed by atoms with Crippen molar-refractivity contribution in [3.8, 4) is 0 Å². The SMILES string of the molecule is CC(C)(C)C1=CC2=NC1=C(C(C)(C)C)C1=NC(=NC3=NNC(=CC4=NC(=C2)C=C4)N3C(C)(C)C)N=C1C(C)(C)C. The number of nitrogens with zero attached hydrogens (tertiary/aromatic N) is 7. The van der Waals surface area contributed by atoms with Gasteiger partial charge in [-0.15, -0.1) is 5.10 Å². The number of hydrogen-bond acceptors (Lipinski definition) is 8. The molecular formula is C32H42N8. The first kappa shape index (κ1) is 27.9. The largest absolute Gasteiger partial charge is 0.289 e. The van der Waals surface area contributed by atoms with Crippen LogP contribution in [0.15, 0.2) is 88.8 Å². The first-order valence-corrected chi connectivity index (χ1v) is 14.0. The van der Waals surface area contributed by atoms with Crippen molar-refractivity contribution >= 4 is 34.8 Å². The van der Waals surface area contributed by atoms with E-state index < -0.39 is 0 Å². The van der Waals surface area contributed by atoms with Gasteiger partial charge in [-0.3, -0.25) is 10.3 Å². The van der Waals surface area contributed by atoms with Gasteiger partial charge in [-0.2, -0.15) is 4.99 Å². The topological polar surface area (TPSA) is 89.4 Å². The Kier molecular flexibility index (Phi) is 6.21.